The molecule has 0 bridgehead atoms. The maximum Gasteiger partial charge on any atom is 0.234 e. The van der Waals surface area contributed by atoms with Gasteiger partial charge in [0, 0.05) is 57.4 Å². The van der Waals surface area contributed by atoms with Crippen LogP contribution in [0.2, 0.25) is 0 Å². The van der Waals surface area contributed by atoms with Gasteiger partial charge in [0.05, 0.1) is 32.0 Å². The van der Waals surface area contributed by atoms with E-state index >= 15 is 0 Å². The second kappa shape index (κ2) is 10.2. The summed E-state index contributed by atoms with van der Waals surface area (Å²) in [7, 11) is 0. The van der Waals surface area contributed by atoms with Crippen LogP contribution in [-0.4, -0.2) is 96.9 Å². The number of amides is 1. The van der Waals surface area contributed by atoms with Crippen LogP contribution in [0.1, 0.15) is 43.6 Å². The van der Waals surface area contributed by atoms with E-state index in [-0.39, 0.29) is 11.4 Å². The number of piperazine rings is 1. The van der Waals surface area contributed by atoms with Crippen LogP contribution in [0.25, 0.3) is 0 Å². The van der Waals surface area contributed by atoms with E-state index in [0.29, 0.717) is 6.54 Å². The van der Waals surface area contributed by atoms with Crippen molar-refractivity contribution in [1.82, 2.24) is 25.2 Å². The van der Waals surface area contributed by atoms with E-state index in [2.05, 4.69) is 25.2 Å². The van der Waals surface area contributed by atoms with Gasteiger partial charge in [-0.3, -0.25) is 19.5 Å². The molecular weight excluding hydrogens is 382 g/mol. The molecule has 1 amide bonds. The minimum absolute atomic E-state index is 0.131. The number of carbonyl (C=O) groups excluding carboxylic acids is 1. The second-order valence-electron chi connectivity index (χ2n) is 9.15. The molecule has 1 aliphatic carbocycles. The Kier molecular flexibility index (Phi) is 7.41. The molecule has 1 aromatic rings. The lowest BCUT2D eigenvalue weighted by atomic mass is 9.79. The Morgan fingerprint density at radius 1 is 1.07 bits per heavy atom. The summed E-state index contributed by atoms with van der Waals surface area (Å²) in [5.74, 6) is 1.08. The highest BCUT2D eigenvalue weighted by Crippen LogP contribution is 2.33. The SMILES string of the molecule is Cc1cc(CN2CCN(CC(=O)NCC3(N4CCOCC4)CCCCC3)CC2)on1. The number of morpholine rings is 1. The number of nitrogens with one attached hydrogen (secondary N) is 1. The quantitative estimate of drug-likeness (QED) is 0.713. The molecule has 2 aliphatic heterocycles. The summed E-state index contributed by atoms with van der Waals surface area (Å²) in [5.41, 5.74) is 1.05. The summed E-state index contributed by atoms with van der Waals surface area (Å²) in [5, 5.41) is 7.25. The maximum atomic E-state index is 12.7. The van der Waals surface area contributed by atoms with E-state index in [4.69, 9.17) is 9.26 Å². The van der Waals surface area contributed by atoms with Crippen molar-refractivity contribution in [1.29, 1.82) is 0 Å². The van der Waals surface area contributed by atoms with Gasteiger partial charge in [0.25, 0.3) is 0 Å². The van der Waals surface area contributed by atoms with Gasteiger partial charge >= 0.3 is 0 Å². The van der Waals surface area contributed by atoms with Gasteiger partial charge in [-0.05, 0) is 19.8 Å². The third-order valence-corrected chi connectivity index (χ3v) is 6.97. The molecule has 1 saturated carbocycles. The molecule has 3 fully saturated rings. The summed E-state index contributed by atoms with van der Waals surface area (Å²) >= 11 is 0. The maximum absolute atomic E-state index is 12.7. The summed E-state index contributed by atoms with van der Waals surface area (Å²) in [6, 6.07) is 2.00. The van der Waals surface area contributed by atoms with Gasteiger partial charge in [0.1, 0.15) is 0 Å². The van der Waals surface area contributed by atoms with Crippen LogP contribution in [0, 0.1) is 6.92 Å². The van der Waals surface area contributed by atoms with Crippen molar-refractivity contribution >= 4 is 5.91 Å². The van der Waals surface area contributed by atoms with Crippen molar-refractivity contribution in [3.63, 3.8) is 0 Å². The molecule has 1 N–H and O–H groups in total. The molecule has 0 spiro atoms. The average molecular weight is 420 g/mol. The predicted molar refractivity (Wildman–Crippen MR) is 114 cm³/mol. The highest BCUT2D eigenvalue weighted by molar-refractivity contribution is 5.78. The molecule has 3 heterocycles. The van der Waals surface area contributed by atoms with E-state index in [1.54, 1.807) is 0 Å². The third-order valence-electron chi connectivity index (χ3n) is 6.97. The van der Waals surface area contributed by atoms with Crippen LogP contribution in [0.5, 0.6) is 0 Å². The molecule has 1 aromatic heterocycles. The Balaban J connectivity index is 1.21. The Hall–Kier alpha value is -1.48. The van der Waals surface area contributed by atoms with Crippen molar-refractivity contribution < 1.29 is 14.1 Å². The van der Waals surface area contributed by atoms with Crippen LogP contribution in [0.15, 0.2) is 10.6 Å². The number of ether oxygens (including phenoxy) is 1. The van der Waals surface area contributed by atoms with Crippen molar-refractivity contribution in [2.24, 2.45) is 0 Å². The van der Waals surface area contributed by atoms with Crippen LogP contribution in [-0.2, 0) is 16.1 Å². The molecule has 0 atom stereocenters. The summed E-state index contributed by atoms with van der Waals surface area (Å²) in [4.78, 5) is 19.9. The number of nitrogens with zero attached hydrogens (tertiary/aromatic N) is 4. The molecular formula is C22H37N5O3. The van der Waals surface area contributed by atoms with E-state index in [0.717, 1.165) is 77.0 Å². The number of carbonyl (C=O) groups is 1. The zero-order chi connectivity index (χ0) is 20.8. The van der Waals surface area contributed by atoms with Crippen LogP contribution < -0.4 is 5.32 Å². The minimum atomic E-state index is 0.131. The first-order valence-corrected chi connectivity index (χ1v) is 11.6. The van der Waals surface area contributed by atoms with Gasteiger partial charge in [0.15, 0.2) is 5.76 Å². The lowest BCUT2D eigenvalue weighted by Crippen LogP contribution is -2.60. The zero-order valence-electron chi connectivity index (χ0n) is 18.4. The molecule has 2 saturated heterocycles. The van der Waals surface area contributed by atoms with Crippen LogP contribution in [0.3, 0.4) is 0 Å². The molecule has 0 aromatic carbocycles. The first kappa shape index (κ1) is 21.7. The molecule has 30 heavy (non-hydrogen) atoms. The van der Waals surface area contributed by atoms with Crippen molar-refractivity contribution in [3.05, 3.63) is 17.5 Å². The van der Waals surface area contributed by atoms with Gasteiger partial charge in [-0.1, -0.05) is 24.4 Å². The lowest BCUT2D eigenvalue weighted by Gasteiger charge is -2.48. The highest BCUT2D eigenvalue weighted by Gasteiger charge is 2.38. The zero-order valence-corrected chi connectivity index (χ0v) is 18.4. The Morgan fingerprint density at radius 2 is 1.77 bits per heavy atom. The topological polar surface area (TPSA) is 74.1 Å². The summed E-state index contributed by atoms with van der Waals surface area (Å²) in [6.45, 7) is 11.3. The molecule has 8 heteroatoms. The van der Waals surface area contributed by atoms with E-state index < -0.39 is 0 Å². The number of aromatic nitrogens is 1. The number of aryl methyl sites for hydroxylation is 1. The smallest absolute Gasteiger partial charge is 0.234 e. The standard InChI is InChI=1S/C22H37N5O3/c1-19-15-20(30-24-19)16-25-7-9-26(10-8-25)17-21(28)23-18-22(5-3-2-4-6-22)27-11-13-29-14-12-27/h15H,2-14,16-18H2,1H3,(H,23,28). The molecule has 0 radical (unpaired) electrons. The van der Waals surface area contributed by atoms with Crippen molar-refractivity contribution in [2.75, 3.05) is 65.6 Å². The van der Waals surface area contributed by atoms with E-state index in [1.165, 1.54) is 32.1 Å². The first-order valence-electron chi connectivity index (χ1n) is 11.6. The van der Waals surface area contributed by atoms with Gasteiger partial charge in [-0.15, -0.1) is 0 Å². The minimum Gasteiger partial charge on any atom is -0.379 e. The fourth-order valence-electron chi connectivity index (χ4n) is 5.19. The Labute approximate surface area is 179 Å². The molecule has 0 unspecified atom stereocenters. The Bertz CT molecular complexity index is 674. The van der Waals surface area contributed by atoms with Gasteiger partial charge < -0.3 is 14.6 Å². The Morgan fingerprint density at radius 3 is 2.43 bits per heavy atom. The number of hydrogen-bond acceptors (Lipinski definition) is 7. The van der Waals surface area contributed by atoms with Gasteiger partial charge in [-0.2, -0.15) is 0 Å². The van der Waals surface area contributed by atoms with Gasteiger partial charge in [-0.25, -0.2) is 0 Å². The predicted octanol–water partition coefficient (Wildman–Crippen LogP) is 1.25. The first-order chi connectivity index (χ1) is 14.6. The highest BCUT2D eigenvalue weighted by atomic mass is 16.5. The third kappa shape index (κ3) is 5.60. The van der Waals surface area contributed by atoms with Crippen LogP contribution >= 0.6 is 0 Å². The summed E-state index contributed by atoms with van der Waals surface area (Å²) in [6.07, 6.45) is 6.22. The second-order valence-corrected chi connectivity index (χ2v) is 9.15. The number of rotatable bonds is 7. The fourth-order valence-corrected chi connectivity index (χ4v) is 5.19. The van der Waals surface area contributed by atoms with Gasteiger partial charge in [0.2, 0.25) is 5.91 Å². The molecule has 168 valence electrons. The lowest BCUT2D eigenvalue weighted by molar-refractivity contribution is -0.124. The molecule has 3 aliphatic rings. The van der Waals surface area contributed by atoms with E-state index in [9.17, 15) is 4.79 Å². The monoisotopic (exact) mass is 419 g/mol. The van der Waals surface area contributed by atoms with Crippen molar-refractivity contribution in [2.45, 2.75) is 51.1 Å². The number of hydrogen-bond donors (Lipinski definition) is 1. The fraction of sp³-hybridized carbons (Fsp3) is 0.818. The van der Waals surface area contributed by atoms with Crippen molar-refractivity contribution in [3.8, 4) is 0 Å². The van der Waals surface area contributed by atoms with Crippen LogP contribution in [0.4, 0.5) is 0 Å². The largest absolute Gasteiger partial charge is 0.379 e. The summed E-state index contributed by atoms with van der Waals surface area (Å²) < 4.78 is 10.9. The van der Waals surface area contributed by atoms with E-state index in [1.807, 2.05) is 13.0 Å². The molecule has 4 rings (SSSR count). The normalized spacial score (nSPS) is 24.0. The average Bonchev–Trinajstić information content (AvgIpc) is 3.19. The molecule has 8 nitrogen and oxygen atoms in total.